The van der Waals surface area contributed by atoms with E-state index in [9.17, 15) is 0 Å². The number of aryl methyl sites for hydroxylation is 1. The van der Waals surface area contributed by atoms with Crippen molar-refractivity contribution in [3.63, 3.8) is 0 Å². The minimum Gasteiger partial charge on any atom is -0.375 e. The lowest BCUT2D eigenvalue weighted by molar-refractivity contribution is 0.0817. The van der Waals surface area contributed by atoms with Gasteiger partial charge in [0.25, 0.3) is 0 Å². The highest BCUT2D eigenvalue weighted by molar-refractivity contribution is 7.09. The van der Waals surface area contributed by atoms with Crippen molar-refractivity contribution in [3.8, 4) is 0 Å². The van der Waals surface area contributed by atoms with Crippen molar-refractivity contribution in [1.82, 2.24) is 10.3 Å². The lowest BCUT2D eigenvalue weighted by Gasteiger charge is -2.26. The Kier molecular flexibility index (Phi) is 3.41. The fourth-order valence-corrected chi connectivity index (χ4v) is 2.99. The number of fused-ring (bicyclic) bond motifs is 1. The monoisotopic (exact) mass is 260 g/mol. The molecule has 3 nitrogen and oxygen atoms in total. The van der Waals surface area contributed by atoms with E-state index in [0.717, 1.165) is 25.5 Å². The first-order chi connectivity index (χ1) is 8.84. The van der Waals surface area contributed by atoms with Crippen LogP contribution in [0.25, 0.3) is 0 Å². The van der Waals surface area contributed by atoms with Gasteiger partial charge in [0.1, 0.15) is 0 Å². The fourth-order valence-electron chi connectivity index (χ4n) is 2.26. The first-order valence-electron chi connectivity index (χ1n) is 6.12. The van der Waals surface area contributed by atoms with Crippen LogP contribution in [0.3, 0.4) is 0 Å². The highest BCUT2D eigenvalue weighted by atomic mass is 32.1. The molecular weight excluding hydrogens is 244 g/mol. The van der Waals surface area contributed by atoms with Gasteiger partial charge in [-0.25, -0.2) is 4.98 Å². The van der Waals surface area contributed by atoms with Gasteiger partial charge in [-0.2, -0.15) is 0 Å². The first-order valence-corrected chi connectivity index (χ1v) is 7.00. The van der Waals surface area contributed by atoms with Crippen LogP contribution in [0, 0.1) is 6.92 Å². The molecule has 1 N–H and O–H groups in total. The van der Waals surface area contributed by atoms with E-state index in [-0.39, 0.29) is 6.04 Å². The largest absolute Gasteiger partial charge is 0.375 e. The summed E-state index contributed by atoms with van der Waals surface area (Å²) in [5, 5.41) is 3.57. The second-order valence-corrected chi connectivity index (χ2v) is 5.45. The fraction of sp³-hybridized carbons (Fsp3) is 0.357. The van der Waals surface area contributed by atoms with Gasteiger partial charge in [-0.3, -0.25) is 0 Å². The molecule has 1 aliphatic rings. The number of benzene rings is 1. The van der Waals surface area contributed by atoms with Gasteiger partial charge in [0.05, 0.1) is 30.5 Å². The molecule has 1 atom stereocenters. The van der Waals surface area contributed by atoms with E-state index in [1.165, 1.54) is 16.0 Å². The maximum Gasteiger partial charge on any atom is 0.0798 e. The van der Waals surface area contributed by atoms with Crippen LogP contribution in [0.15, 0.2) is 29.8 Å². The molecule has 0 saturated heterocycles. The summed E-state index contributed by atoms with van der Waals surface area (Å²) >= 11 is 1.70. The predicted molar refractivity (Wildman–Crippen MR) is 72.5 cm³/mol. The van der Waals surface area contributed by atoms with Crippen molar-refractivity contribution >= 4 is 11.3 Å². The molecular formula is C14H16N2OS. The van der Waals surface area contributed by atoms with Gasteiger partial charge >= 0.3 is 0 Å². The molecule has 2 heterocycles. The van der Waals surface area contributed by atoms with Crippen LogP contribution in [0.1, 0.15) is 27.7 Å². The molecule has 1 aromatic heterocycles. The van der Waals surface area contributed by atoms with Gasteiger partial charge in [-0.1, -0.05) is 24.3 Å². The van der Waals surface area contributed by atoms with Gasteiger partial charge in [0, 0.05) is 11.4 Å². The summed E-state index contributed by atoms with van der Waals surface area (Å²) in [4.78, 5) is 5.58. The molecule has 94 valence electrons. The third-order valence-electron chi connectivity index (χ3n) is 3.33. The second kappa shape index (κ2) is 5.18. The van der Waals surface area contributed by atoms with Crippen LogP contribution in [-0.2, 0) is 17.9 Å². The summed E-state index contributed by atoms with van der Waals surface area (Å²) in [7, 11) is 0. The molecule has 0 radical (unpaired) electrons. The summed E-state index contributed by atoms with van der Waals surface area (Å²) in [6.07, 6.45) is 0. The zero-order valence-electron chi connectivity index (χ0n) is 10.3. The SMILES string of the molecule is Cc1ncsc1CNC1COCc2ccccc21. The van der Waals surface area contributed by atoms with Crippen molar-refractivity contribution in [2.75, 3.05) is 6.61 Å². The molecule has 0 spiro atoms. The van der Waals surface area contributed by atoms with Crippen LogP contribution >= 0.6 is 11.3 Å². The Hall–Kier alpha value is -1.23. The van der Waals surface area contributed by atoms with E-state index >= 15 is 0 Å². The average Bonchev–Trinajstić information content (AvgIpc) is 2.82. The maximum absolute atomic E-state index is 5.63. The number of nitrogens with zero attached hydrogens (tertiary/aromatic N) is 1. The summed E-state index contributed by atoms with van der Waals surface area (Å²) in [5.41, 5.74) is 5.68. The minimum atomic E-state index is 0.288. The van der Waals surface area contributed by atoms with E-state index < -0.39 is 0 Å². The van der Waals surface area contributed by atoms with Crippen LogP contribution in [-0.4, -0.2) is 11.6 Å². The Morgan fingerprint density at radius 1 is 1.44 bits per heavy atom. The second-order valence-electron chi connectivity index (χ2n) is 4.51. The summed E-state index contributed by atoms with van der Waals surface area (Å²) < 4.78 is 5.63. The Morgan fingerprint density at radius 2 is 2.33 bits per heavy atom. The van der Waals surface area contributed by atoms with Crippen molar-refractivity contribution in [2.24, 2.45) is 0 Å². The molecule has 0 saturated carbocycles. The van der Waals surface area contributed by atoms with Crippen molar-refractivity contribution in [1.29, 1.82) is 0 Å². The Morgan fingerprint density at radius 3 is 3.17 bits per heavy atom. The van der Waals surface area contributed by atoms with Crippen LogP contribution in [0.2, 0.25) is 0 Å². The van der Waals surface area contributed by atoms with E-state index in [1.807, 2.05) is 5.51 Å². The molecule has 1 aliphatic heterocycles. The molecule has 3 rings (SSSR count). The van der Waals surface area contributed by atoms with Gasteiger partial charge in [-0.05, 0) is 18.1 Å². The van der Waals surface area contributed by atoms with E-state index in [2.05, 4.69) is 41.5 Å². The minimum absolute atomic E-state index is 0.288. The molecule has 18 heavy (non-hydrogen) atoms. The molecule has 0 aliphatic carbocycles. The molecule has 0 fully saturated rings. The number of aromatic nitrogens is 1. The van der Waals surface area contributed by atoms with Crippen LogP contribution in [0.5, 0.6) is 0 Å². The summed E-state index contributed by atoms with van der Waals surface area (Å²) in [6.45, 7) is 4.39. The van der Waals surface area contributed by atoms with Crippen molar-refractivity contribution < 1.29 is 4.74 Å². The molecule has 2 aromatic rings. The topological polar surface area (TPSA) is 34.2 Å². The number of hydrogen-bond acceptors (Lipinski definition) is 4. The Labute approximate surface area is 111 Å². The van der Waals surface area contributed by atoms with E-state index in [1.54, 1.807) is 11.3 Å². The Balaban J connectivity index is 1.73. The lowest BCUT2D eigenvalue weighted by Crippen LogP contribution is -2.29. The van der Waals surface area contributed by atoms with E-state index in [4.69, 9.17) is 4.74 Å². The van der Waals surface area contributed by atoms with Crippen LogP contribution in [0.4, 0.5) is 0 Å². The molecule has 4 heteroatoms. The van der Waals surface area contributed by atoms with Gasteiger partial charge in [0.2, 0.25) is 0 Å². The number of hydrogen-bond donors (Lipinski definition) is 1. The van der Waals surface area contributed by atoms with Gasteiger partial charge in [0.15, 0.2) is 0 Å². The molecule has 1 unspecified atom stereocenters. The first kappa shape index (κ1) is 11.8. The summed E-state index contributed by atoms with van der Waals surface area (Å²) in [6, 6.07) is 8.78. The highest BCUT2D eigenvalue weighted by Gasteiger charge is 2.19. The van der Waals surface area contributed by atoms with Gasteiger partial charge in [-0.15, -0.1) is 11.3 Å². The normalized spacial score (nSPS) is 18.6. The third kappa shape index (κ3) is 2.32. The number of nitrogens with one attached hydrogen (secondary N) is 1. The zero-order valence-corrected chi connectivity index (χ0v) is 11.2. The van der Waals surface area contributed by atoms with Crippen molar-refractivity contribution in [3.05, 3.63) is 51.5 Å². The molecule has 1 aromatic carbocycles. The molecule has 0 amide bonds. The smallest absolute Gasteiger partial charge is 0.0798 e. The quantitative estimate of drug-likeness (QED) is 0.921. The predicted octanol–water partition coefficient (Wildman–Crippen LogP) is 2.81. The third-order valence-corrected chi connectivity index (χ3v) is 4.26. The number of thiazole rings is 1. The van der Waals surface area contributed by atoms with E-state index in [0.29, 0.717) is 0 Å². The lowest BCUT2D eigenvalue weighted by atomic mass is 9.99. The van der Waals surface area contributed by atoms with Crippen molar-refractivity contribution in [2.45, 2.75) is 26.1 Å². The number of ether oxygens (including phenoxy) is 1. The highest BCUT2D eigenvalue weighted by Crippen LogP contribution is 2.25. The standard InChI is InChI=1S/C14H16N2OS/c1-10-14(18-9-16-10)6-15-13-8-17-7-11-4-2-3-5-12(11)13/h2-5,9,13,15H,6-8H2,1H3. The zero-order chi connectivity index (χ0) is 12.4. The summed E-state index contributed by atoms with van der Waals surface area (Å²) in [5.74, 6) is 0. The maximum atomic E-state index is 5.63. The Bertz CT molecular complexity index is 538. The van der Waals surface area contributed by atoms with Crippen LogP contribution < -0.4 is 5.32 Å². The molecule has 0 bridgehead atoms. The average molecular weight is 260 g/mol. The van der Waals surface area contributed by atoms with Gasteiger partial charge < -0.3 is 10.1 Å². The number of rotatable bonds is 3.